The van der Waals surface area contributed by atoms with Gasteiger partial charge in [0.25, 0.3) is 0 Å². The molecular formula is C5H10I2O2. The Morgan fingerprint density at radius 3 is 1.33 bits per heavy atom. The Balaban J connectivity index is 3.82. The van der Waals surface area contributed by atoms with Crippen molar-refractivity contribution in [2.75, 3.05) is 22.1 Å². The molecule has 0 heterocycles. The molecule has 0 aromatic heterocycles. The number of halogens is 2. The Labute approximate surface area is 82.3 Å². The number of hydrogen-bond acceptors (Lipinski definition) is 2. The molecule has 0 aliphatic carbocycles. The molecule has 4 heteroatoms. The van der Waals surface area contributed by atoms with Crippen LogP contribution in [-0.2, 0) is 0 Å². The second kappa shape index (κ2) is 5.09. The topological polar surface area (TPSA) is 40.5 Å². The second-order valence-electron chi connectivity index (χ2n) is 2.08. The first-order valence-corrected chi connectivity index (χ1v) is 5.63. The molecule has 0 unspecified atom stereocenters. The zero-order valence-corrected chi connectivity index (χ0v) is 9.29. The minimum Gasteiger partial charge on any atom is -0.396 e. The van der Waals surface area contributed by atoms with Gasteiger partial charge in [0, 0.05) is 14.3 Å². The van der Waals surface area contributed by atoms with Crippen LogP contribution in [0.2, 0.25) is 0 Å². The number of rotatable bonds is 4. The van der Waals surface area contributed by atoms with E-state index >= 15 is 0 Å². The first-order chi connectivity index (χ1) is 4.24. The highest BCUT2D eigenvalue weighted by atomic mass is 127. The molecule has 0 saturated carbocycles. The zero-order chi connectivity index (χ0) is 7.33. The van der Waals surface area contributed by atoms with Gasteiger partial charge in [0.1, 0.15) is 0 Å². The molecule has 56 valence electrons. The van der Waals surface area contributed by atoms with Gasteiger partial charge in [-0.15, -0.1) is 0 Å². The van der Waals surface area contributed by atoms with Crippen LogP contribution < -0.4 is 0 Å². The molecule has 0 aromatic carbocycles. The minimum absolute atomic E-state index is 0.0787. The maximum Gasteiger partial charge on any atom is 0.0524 e. The standard InChI is InChI=1S/C5H10I2O2/c6-1-5(2-7,3-8)4-9/h8-9H,1-4H2. The van der Waals surface area contributed by atoms with Crippen molar-refractivity contribution in [1.82, 2.24) is 0 Å². The summed E-state index contributed by atoms with van der Waals surface area (Å²) in [7, 11) is 0. The van der Waals surface area contributed by atoms with Gasteiger partial charge in [-0.3, -0.25) is 0 Å². The fourth-order valence-electron chi connectivity index (χ4n) is 0.255. The summed E-state index contributed by atoms with van der Waals surface area (Å²) < 4.78 is 1.61. The summed E-state index contributed by atoms with van der Waals surface area (Å²) >= 11 is 4.36. The highest BCUT2D eigenvalue weighted by Crippen LogP contribution is 2.21. The molecule has 9 heavy (non-hydrogen) atoms. The molecule has 0 aliphatic rings. The molecule has 0 aliphatic heterocycles. The molecule has 2 nitrogen and oxygen atoms in total. The van der Waals surface area contributed by atoms with Crippen molar-refractivity contribution < 1.29 is 10.2 Å². The summed E-state index contributed by atoms with van der Waals surface area (Å²) in [6.45, 7) is 0.157. The van der Waals surface area contributed by atoms with Gasteiger partial charge in [-0.25, -0.2) is 0 Å². The molecule has 0 fully saturated rings. The van der Waals surface area contributed by atoms with E-state index < -0.39 is 0 Å². The Hall–Kier alpha value is 1.38. The minimum atomic E-state index is -0.249. The second-order valence-corrected chi connectivity index (χ2v) is 3.61. The van der Waals surface area contributed by atoms with Crippen molar-refractivity contribution in [2.45, 2.75) is 0 Å². The lowest BCUT2D eigenvalue weighted by Gasteiger charge is -2.23. The van der Waals surface area contributed by atoms with Gasteiger partial charge in [0.05, 0.1) is 13.2 Å². The Morgan fingerprint density at radius 1 is 1.00 bits per heavy atom. The van der Waals surface area contributed by atoms with Crippen molar-refractivity contribution in [3.63, 3.8) is 0 Å². The smallest absolute Gasteiger partial charge is 0.0524 e. The zero-order valence-electron chi connectivity index (χ0n) is 4.98. The van der Waals surface area contributed by atoms with Gasteiger partial charge in [-0.05, 0) is 0 Å². The average molecular weight is 356 g/mol. The summed E-state index contributed by atoms with van der Waals surface area (Å²) in [6, 6.07) is 0. The van der Waals surface area contributed by atoms with E-state index in [1.807, 2.05) is 0 Å². The summed E-state index contributed by atoms with van der Waals surface area (Å²) in [6.07, 6.45) is 0. The van der Waals surface area contributed by atoms with Crippen molar-refractivity contribution in [3.05, 3.63) is 0 Å². The van der Waals surface area contributed by atoms with Gasteiger partial charge in [0.15, 0.2) is 0 Å². The summed E-state index contributed by atoms with van der Waals surface area (Å²) in [5.41, 5.74) is -0.249. The van der Waals surface area contributed by atoms with Crippen molar-refractivity contribution in [1.29, 1.82) is 0 Å². The third-order valence-electron chi connectivity index (χ3n) is 1.24. The Morgan fingerprint density at radius 2 is 1.33 bits per heavy atom. The van der Waals surface area contributed by atoms with Crippen LogP contribution in [0, 0.1) is 5.41 Å². The van der Waals surface area contributed by atoms with Crippen LogP contribution in [0.15, 0.2) is 0 Å². The van der Waals surface area contributed by atoms with E-state index in [1.165, 1.54) is 0 Å². The number of hydrogen-bond donors (Lipinski definition) is 2. The first-order valence-electron chi connectivity index (χ1n) is 2.58. The fraction of sp³-hybridized carbons (Fsp3) is 1.00. The summed E-state index contributed by atoms with van der Waals surface area (Å²) in [4.78, 5) is 0. The fourth-order valence-corrected chi connectivity index (χ4v) is 2.79. The van der Waals surface area contributed by atoms with Crippen LogP contribution in [0.3, 0.4) is 0 Å². The van der Waals surface area contributed by atoms with Crippen LogP contribution in [0.1, 0.15) is 0 Å². The van der Waals surface area contributed by atoms with Gasteiger partial charge >= 0.3 is 0 Å². The highest BCUT2D eigenvalue weighted by Gasteiger charge is 2.25. The Kier molecular flexibility index (Phi) is 5.87. The predicted octanol–water partition coefficient (Wildman–Crippen LogP) is 0.827. The normalized spacial score (nSPS) is 12.0. The Bertz CT molecular complexity index is 55.8. The molecule has 0 aromatic rings. The molecule has 0 radical (unpaired) electrons. The quantitative estimate of drug-likeness (QED) is 0.579. The first kappa shape index (κ1) is 10.4. The van der Waals surface area contributed by atoms with Gasteiger partial charge in [-0.2, -0.15) is 0 Å². The van der Waals surface area contributed by atoms with E-state index in [0.717, 1.165) is 8.86 Å². The van der Waals surface area contributed by atoms with Crippen LogP contribution in [0.4, 0.5) is 0 Å². The molecule has 0 atom stereocenters. The van der Waals surface area contributed by atoms with E-state index in [9.17, 15) is 0 Å². The van der Waals surface area contributed by atoms with Crippen LogP contribution >= 0.6 is 45.2 Å². The highest BCUT2D eigenvalue weighted by molar-refractivity contribution is 14.1. The van der Waals surface area contributed by atoms with Gasteiger partial charge in [0.2, 0.25) is 0 Å². The van der Waals surface area contributed by atoms with E-state index in [-0.39, 0.29) is 18.6 Å². The lowest BCUT2D eigenvalue weighted by Crippen LogP contribution is -2.33. The third-order valence-corrected chi connectivity index (χ3v) is 4.47. The van der Waals surface area contributed by atoms with E-state index in [2.05, 4.69) is 45.2 Å². The third kappa shape index (κ3) is 2.85. The maximum atomic E-state index is 8.81. The van der Waals surface area contributed by atoms with Gasteiger partial charge in [-0.1, -0.05) is 45.2 Å². The van der Waals surface area contributed by atoms with Gasteiger partial charge < -0.3 is 10.2 Å². The average Bonchev–Trinajstić information content (AvgIpc) is 1.95. The van der Waals surface area contributed by atoms with Crippen molar-refractivity contribution >= 4 is 45.2 Å². The molecule has 0 rings (SSSR count). The lowest BCUT2D eigenvalue weighted by molar-refractivity contribution is 0.0978. The number of alkyl halides is 2. The van der Waals surface area contributed by atoms with Crippen LogP contribution in [0.5, 0.6) is 0 Å². The molecule has 0 saturated heterocycles. The molecule has 0 spiro atoms. The predicted molar refractivity (Wildman–Crippen MR) is 54.4 cm³/mol. The monoisotopic (exact) mass is 356 g/mol. The lowest BCUT2D eigenvalue weighted by atomic mass is 9.97. The largest absolute Gasteiger partial charge is 0.396 e. The van der Waals surface area contributed by atoms with Crippen LogP contribution in [-0.4, -0.2) is 32.3 Å². The molecular weight excluding hydrogens is 346 g/mol. The van der Waals surface area contributed by atoms with Crippen molar-refractivity contribution in [3.8, 4) is 0 Å². The van der Waals surface area contributed by atoms with E-state index in [4.69, 9.17) is 10.2 Å². The van der Waals surface area contributed by atoms with Crippen LogP contribution in [0.25, 0.3) is 0 Å². The van der Waals surface area contributed by atoms with E-state index in [0.29, 0.717) is 0 Å². The molecule has 2 N–H and O–H groups in total. The maximum absolute atomic E-state index is 8.81. The number of aliphatic hydroxyl groups is 2. The SMILES string of the molecule is OCC(CO)(CI)CI. The molecule has 0 amide bonds. The summed E-state index contributed by atoms with van der Waals surface area (Å²) in [5.74, 6) is 0. The number of aliphatic hydroxyl groups excluding tert-OH is 2. The van der Waals surface area contributed by atoms with Crippen molar-refractivity contribution in [2.24, 2.45) is 5.41 Å². The summed E-state index contributed by atoms with van der Waals surface area (Å²) in [5, 5.41) is 17.6. The molecule has 0 bridgehead atoms. The van der Waals surface area contributed by atoms with E-state index in [1.54, 1.807) is 0 Å².